The van der Waals surface area contributed by atoms with Crippen molar-refractivity contribution in [2.75, 3.05) is 11.4 Å². The lowest BCUT2D eigenvalue weighted by Gasteiger charge is -2.31. The van der Waals surface area contributed by atoms with E-state index in [9.17, 15) is 4.79 Å². The fraction of sp³-hybridized carbons (Fsp3) is 0.538. The summed E-state index contributed by atoms with van der Waals surface area (Å²) in [4.78, 5) is 17.8. The zero-order valence-electron chi connectivity index (χ0n) is 10.6. The molecule has 0 saturated heterocycles. The standard InChI is InChI=1S/C13H18N2O2/c1-13(2,3)17-12(16)15-8-4-5-10-9-14-7-6-11(10)15/h6-7,9H,4-5,8H2,1-3H3. The summed E-state index contributed by atoms with van der Waals surface area (Å²) in [6.45, 7) is 6.35. The molecule has 0 bridgehead atoms. The van der Waals surface area contributed by atoms with Gasteiger partial charge in [0.05, 0.1) is 5.69 Å². The van der Waals surface area contributed by atoms with Crippen molar-refractivity contribution >= 4 is 11.8 Å². The van der Waals surface area contributed by atoms with Crippen molar-refractivity contribution in [3.8, 4) is 0 Å². The van der Waals surface area contributed by atoms with Crippen molar-refractivity contribution in [2.45, 2.75) is 39.2 Å². The van der Waals surface area contributed by atoms with Crippen LogP contribution in [0, 0.1) is 0 Å². The number of rotatable bonds is 0. The normalized spacial score (nSPS) is 15.4. The first-order valence-electron chi connectivity index (χ1n) is 5.91. The maximum absolute atomic E-state index is 12.1. The Labute approximate surface area is 102 Å². The van der Waals surface area contributed by atoms with Crippen molar-refractivity contribution in [2.24, 2.45) is 0 Å². The Morgan fingerprint density at radius 1 is 1.47 bits per heavy atom. The summed E-state index contributed by atoms with van der Waals surface area (Å²) in [5.41, 5.74) is 1.59. The Bertz CT molecular complexity index is 424. The molecule has 0 unspecified atom stereocenters. The second-order valence-corrected chi connectivity index (χ2v) is 5.24. The maximum Gasteiger partial charge on any atom is 0.414 e. The van der Waals surface area contributed by atoms with Crippen LogP contribution in [0.1, 0.15) is 32.8 Å². The van der Waals surface area contributed by atoms with Gasteiger partial charge in [-0.1, -0.05) is 0 Å². The fourth-order valence-corrected chi connectivity index (χ4v) is 1.93. The number of pyridine rings is 1. The van der Waals surface area contributed by atoms with Gasteiger partial charge in [-0.15, -0.1) is 0 Å². The molecule has 0 fully saturated rings. The molecule has 0 aromatic carbocycles. The van der Waals surface area contributed by atoms with Gasteiger partial charge in [-0.25, -0.2) is 4.79 Å². The lowest BCUT2D eigenvalue weighted by atomic mass is 10.0. The van der Waals surface area contributed by atoms with E-state index < -0.39 is 5.60 Å². The van der Waals surface area contributed by atoms with Crippen molar-refractivity contribution in [3.63, 3.8) is 0 Å². The third-order valence-corrected chi connectivity index (χ3v) is 2.61. The number of nitrogens with zero attached hydrogens (tertiary/aromatic N) is 2. The van der Waals surface area contributed by atoms with E-state index in [2.05, 4.69) is 4.98 Å². The van der Waals surface area contributed by atoms with Gasteiger partial charge in [-0.05, 0) is 45.2 Å². The molecule has 0 saturated carbocycles. The Morgan fingerprint density at radius 3 is 2.94 bits per heavy atom. The van der Waals surface area contributed by atoms with Gasteiger partial charge in [0.1, 0.15) is 5.60 Å². The summed E-state index contributed by atoms with van der Waals surface area (Å²) < 4.78 is 5.40. The van der Waals surface area contributed by atoms with E-state index in [0.717, 1.165) is 24.1 Å². The van der Waals surface area contributed by atoms with Crippen LogP contribution in [0.5, 0.6) is 0 Å². The van der Waals surface area contributed by atoms with Gasteiger partial charge in [0, 0.05) is 18.9 Å². The maximum atomic E-state index is 12.1. The number of hydrogen-bond donors (Lipinski definition) is 0. The van der Waals surface area contributed by atoms with Crippen molar-refractivity contribution in [1.82, 2.24) is 4.98 Å². The smallest absolute Gasteiger partial charge is 0.414 e. The van der Waals surface area contributed by atoms with Crippen LogP contribution >= 0.6 is 0 Å². The number of aryl methyl sites for hydroxylation is 1. The number of anilines is 1. The summed E-state index contributed by atoms with van der Waals surface area (Å²) in [7, 11) is 0. The van der Waals surface area contributed by atoms with Crippen LogP contribution in [0.3, 0.4) is 0 Å². The van der Waals surface area contributed by atoms with Gasteiger partial charge in [-0.3, -0.25) is 9.88 Å². The first-order valence-corrected chi connectivity index (χ1v) is 5.91. The minimum atomic E-state index is -0.457. The molecule has 1 amide bonds. The quantitative estimate of drug-likeness (QED) is 0.693. The van der Waals surface area contributed by atoms with E-state index >= 15 is 0 Å². The van der Waals surface area contributed by atoms with E-state index in [4.69, 9.17) is 4.74 Å². The van der Waals surface area contributed by atoms with Gasteiger partial charge in [0.25, 0.3) is 0 Å². The number of amides is 1. The van der Waals surface area contributed by atoms with Crippen LogP contribution in [0.15, 0.2) is 18.5 Å². The molecule has 17 heavy (non-hydrogen) atoms. The summed E-state index contributed by atoms with van der Waals surface area (Å²) in [6, 6.07) is 1.87. The van der Waals surface area contributed by atoms with Crippen molar-refractivity contribution in [1.29, 1.82) is 0 Å². The van der Waals surface area contributed by atoms with Crippen LogP contribution in [-0.4, -0.2) is 23.2 Å². The number of aromatic nitrogens is 1. The number of ether oxygens (including phenoxy) is 1. The number of carbonyl (C=O) groups is 1. The molecule has 0 spiro atoms. The van der Waals surface area contributed by atoms with Gasteiger partial charge in [0.15, 0.2) is 0 Å². The summed E-state index contributed by atoms with van der Waals surface area (Å²) in [5, 5.41) is 0. The molecular formula is C13H18N2O2. The molecule has 4 nitrogen and oxygen atoms in total. The van der Waals surface area contributed by atoms with Crippen LogP contribution in [-0.2, 0) is 11.2 Å². The van der Waals surface area contributed by atoms with Gasteiger partial charge < -0.3 is 4.74 Å². The van der Waals surface area contributed by atoms with Crippen molar-refractivity contribution < 1.29 is 9.53 Å². The first kappa shape index (κ1) is 11.9. The molecule has 1 aliphatic rings. The Morgan fingerprint density at radius 2 is 2.24 bits per heavy atom. The Hall–Kier alpha value is -1.58. The highest BCUT2D eigenvalue weighted by Crippen LogP contribution is 2.27. The van der Waals surface area contributed by atoms with Crippen LogP contribution in [0.25, 0.3) is 0 Å². The predicted octanol–water partition coefficient (Wildman–Crippen LogP) is 2.77. The third-order valence-electron chi connectivity index (χ3n) is 2.61. The second kappa shape index (κ2) is 4.35. The summed E-state index contributed by atoms with van der Waals surface area (Å²) in [5.74, 6) is 0. The molecular weight excluding hydrogens is 216 g/mol. The zero-order valence-corrected chi connectivity index (χ0v) is 10.6. The van der Waals surface area contributed by atoms with Gasteiger partial charge >= 0.3 is 6.09 Å². The number of hydrogen-bond acceptors (Lipinski definition) is 3. The highest BCUT2D eigenvalue weighted by atomic mass is 16.6. The molecule has 0 atom stereocenters. The molecule has 1 aliphatic heterocycles. The minimum Gasteiger partial charge on any atom is -0.443 e. The molecule has 0 radical (unpaired) electrons. The lowest BCUT2D eigenvalue weighted by molar-refractivity contribution is 0.0578. The molecule has 2 rings (SSSR count). The second-order valence-electron chi connectivity index (χ2n) is 5.24. The monoisotopic (exact) mass is 234 g/mol. The Balaban J connectivity index is 2.21. The van der Waals surface area contributed by atoms with E-state index in [-0.39, 0.29) is 6.09 Å². The topological polar surface area (TPSA) is 42.4 Å². The van der Waals surface area contributed by atoms with E-state index in [1.54, 1.807) is 11.1 Å². The number of carbonyl (C=O) groups excluding carboxylic acids is 1. The Kier molecular flexibility index (Phi) is 3.05. The molecule has 1 aromatic heterocycles. The van der Waals surface area contributed by atoms with Crippen molar-refractivity contribution in [3.05, 3.63) is 24.0 Å². The summed E-state index contributed by atoms with van der Waals surface area (Å²) >= 11 is 0. The average molecular weight is 234 g/mol. The minimum absolute atomic E-state index is 0.273. The van der Waals surface area contributed by atoms with Crippen LogP contribution in [0.4, 0.5) is 10.5 Å². The average Bonchev–Trinajstić information content (AvgIpc) is 2.26. The van der Waals surface area contributed by atoms with Crippen LogP contribution in [0.2, 0.25) is 0 Å². The zero-order chi connectivity index (χ0) is 12.5. The SMILES string of the molecule is CC(C)(C)OC(=O)N1CCCc2cnccc21. The lowest BCUT2D eigenvalue weighted by Crippen LogP contribution is -2.39. The van der Waals surface area contributed by atoms with Gasteiger partial charge in [0.2, 0.25) is 0 Å². The largest absolute Gasteiger partial charge is 0.443 e. The first-order chi connectivity index (χ1) is 7.97. The van der Waals surface area contributed by atoms with Gasteiger partial charge in [-0.2, -0.15) is 0 Å². The van der Waals surface area contributed by atoms with E-state index in [1.165, 1.54) is 0 Å². The molecule has 0 aliphatic carbocycles. The predicted molar refractivity (Wildman–Crippen MR) is 66.1 cm³/mol. The molecule has 1 aromatic rings. The highest BCUT2D eigenvalue weighted by Gasteiger charge is 2.26. The highest BCUT2D eigenvalue weighted by molar-refractivity contribution is 5.89. The number of fused-ring (bicyclic) bond motifs is 1. The molecule has 2 heterocycles. The van der Waals surface area contributed by atoms with E-state index in [0.29, 0.717) is 6.54 Å². The molecule has 92 valence electrons. The molecule has 0 N–H and O–H groups in total. The third kappa shape index (κ3) is 2.75. The molecule has 4 heteroatoms. The fourth-order valence-electron chi connectivity index (χ4n) is 1.93. The summed E-state index contributed by atoms with van der Waals surface area (Å²) in [6.07, 6.45) is 5.19. The van der Waals surface area contributed by atoms with Crippen LogP contribution < -0.4 is 4.90 Å². The van der Waals surface area contributed by atoms with E-state index in [1.807, 2.05) is 33.0 Å².